The number of hydrogen-bond donors (Lipinski definition) is 2. The Bertz CT molecular complexity index is 1370. The van der Waals surface area contributed by atoms with Crippen LogP contribution in [0.1, 0.15) is 23.4 Å². The number of benzene rings is 2. The number of carboxylic acid groups (broad SMARTS) is 1. The number of ether oxygens (including phenoxy) is 1. The lowest BCUT2D eigenvalue weighted by molar-refractivity contribution is -0.274. The van der Waals surface area contributed by atoms with E-state index in [1.165, 1.54) is 24.3 Å². The second-order valence-electron chi connectivity index (χ2n) is 8.30. The van der Waals surface area contributed by atoms with Crippen LogP contribution in [0.5, 0.6) is 5.75 Å². The van der Waals surface area contributed by atoms with Crippen molar-refractivity contribution in [1.29, 1.82) is 0 Å². The molecule has 0 aliphatic heterocycles. The number of carbonyl (C=O) groups is 2. The number of imidazole rings is 1. The van der Waals surface area contributed by atoms with E-state index in [0.717, 1.165) is 5.56 Å². The quantitative estimate of drug-likeness (QED) is 0.331. The van der Waals surface area contributed by atoms with Crippen molar-refractivity contribution in [2.75, 3.05) is 0 Å². The van der Waals surface area contributed by atoms with Gasteiger partial charge in [0.15, 0.2) is 5.65 Å². The highest BCUT2D eigenvalue weighted by Crippen LogP contribution is 2.24. The van der Waals surface area contributed by atoms with Crippen molar-refractivity contribution in [2.24, 2.45) is 0 Å². The molecule has 37 heavy (non-hydrogen) atoms. The molecule has 8 nitrogen and oxygen atoms in total. The number of carboxylic acids is 1. The molecule has 0 aliphatic carbocycles. The van der Waals surface area contributed by atoms with Gasteiger partial charge in [-0.2, -0.15) is 0 Å². The molecule has 192 valence electrons. The molecule has 11 heteroatoms. The molecule has 2 aromatic heterocycles. The number of nitrogens with one attached hydrogen (secondary N) is 1. The predicted octanol–water partition coefficient (Wildman–Crippen LogP) is 4.12. The summed E-state index contributed by atoms with van der Waals surface area (Å²) in [6.07, 6.45) is -2.84. The molecule has 4 aromatic rings. The molecular formula is C26H23F3N4O4. The Labute approximate surface area is 209 Å². The lowest BCUT2D eigenvalue weighted by atomic mass is 10.1. The van der Waals surface area contributed by atoms with Crippen molar-refractivity contribution in [3.63, 3.8) is 0 Å². The molecule has 0 saturated carbocycles. The third kappa shape index (κ3) is 7.06. The number of alkyl halides is 3. The molecule has 0 bridgehead atoms. The maximum absolute atomic E-state index is 12.6. The summed E-state index contributed by atoms with van der Waals surface area (Å²) in [5, 5.41) is 12.1. The zero-order chi connectivity index (χ0) is 26.4. The molecule has 1 amide bonds. The zero-order valence-electron chi connectivity index (χ0n) is 19.5. The Morgan fingerprint density at radius 2 is 1.73 bits per heavy atom. The molecular weight excluding hydrogens is 489 g/mol. The second-order valence-corrected chi connectivity index (χ2v) is 8.30. The number of amides is 1. The highest BCUT2D eigenvalue weighted by Gasteiger charge is 2.31. The number of nitrogens with zero attached hydrogens (tertiary/aromatic N) is 3. The molecule has 2 aromatic carbocycles. The van der Waals surface area contributed by atoms with E-state index in [1.807, 2.05) is 6.07 Å². The number of carbonyl (C=O) groups excluding carboxylic acids is 1. The minimum absolute atomic E-state index is 0.0136. The van der Waals surface area contributed by atoms with Crippen molar-refractivity contribution < 1.29 is 32.6 Å². The van der Waals surface area contributed by atoms with Gasteiger partial charge in [0.1, 0.15) is 23.1 Å². The lowest BCUT2D eigenvalue weighted by Gasteiger charge is -2.15. The fourth-order valence-corrected chi connectivity index (χ4v) is 3.88. The van der Waals surface area contributed by atoms with Gasteiger partial charge in [0, 0.05) is 25.5 Å². The van der Waals surface area contributed by atoms with Gasteiger partial charge in [-0.15, -0.1) is 13.2 Å². The van der Waals surface area contributed by atoms with Gasteiger partial charge < -0.3 is 19.7 Å². The van der Waals surface area contributed by atoms with Crippen molar-refractivity contribution in [2.45, 2.75) is 38.2 Å². The van der Waals surface area contributed by atoms with Crippen molar-refractivity contribution in [3.05, 3.63) is 89.9 Å². The Hall–Kier alpha value is -4.41. The van der Waals surface area contributed by atoms with E-state index in [2.05, 4.69) is 20.0 Å². The molecule has 0 fully saturated rings. The van der Waals surface area contributed by atoms with Crippen LogP contribution >= 0.6 is 0 Å². The smallest absolute Gasteiger partial charge is 0.480 e. The molecule has 4 rings (SSSR count). The SMILES string of the molecule is O=C(CCc1nc2cccnc2n1Cc1ccc(OC(F)(F)F)cc1)NC(Cc1ccccc1)C(=O)O. The van der Waals surface area contributed by atoms with Crippen LogP contribution in [0.3, 0.4) is 0 Å². The third-order valence-electron chi connectivity index (χ3n) is 5.57. The van der Waals surface area contributed by atoms with Gasteiger partial charge in [0.05, 0.1) is 6.54 Å². The van der Waals surface area contributed by atoms with Crippen LogP contribution in [0.15, 0.2) is 72.9 Å². The van der Waals surface area contributed by atoms with E-state index in [1.54, 1.807) is 47.2 Å². The average molecular weight is 512 g/mol. The monoisotopic (exact) mass is 512 g/mol. The highest BCUT2D eigenvalue weighted by molar-refractivity contribution is 5.84. The van der Waals surface area contributed by atoms with Crippen LogP contribution in [0, 0.1) is 0 Å². The molecule has 2 N–H and O–H groups in total. The maximum Gasteiger partial charge on any atom is 0.573 e. The van der Waals surface area contributed by atoms with Gasteiger partial charge >= 0.3 is 12.3 Å². The Balaban J connectivity index is 1.46. The molecule has 1 atom stereocenters. The first-order valence-corrected chi connectivity index (χ1v) is 11.4. The number of aromatic nitrogens is 3. The van der Waals surface area contributed by atoms with Crippen LogP contribution < -0.4 is 10.1 Å². The maximum atomic E-state index is 12.6. The van der Waals surface area contributed by atoms with Crippen molar-refractivity contribution in [1.82, 2.24) is 19.9 Å². The van der Waals surface area contributed by atoms with E-state index >= 15 is 0 Å². The fraction of sp³-hybridized carbons (Fsp3) is 0.231. The Morgan fingerprint density at radius 1 is 1.00 bits per heavy atom. The highest BCUT2D eigenvalue weighted by atomic mass is 19.4. The number of hydrogen-bond acceptors (Lipinski definition) is 5. The summed E-state index contributed by atoms with van der Waals surface area (Å²) >= 11 is 0. The first-order chi connectivity index (χ1) is 17.7. The summed E-state index contributed by atoms with van der Waals surface area (Å²) in [5.74, 6) is -1.37. The van der Waals surface area contributed by atoms with Crippen molar-refractivity contribution in [3.8, 4) is 5.75 Å². The number of rotatable bonds is 10. The normalized spacial score (nSPS) is 12.3. The first kappa shape index (κ1) is 25.7. The summed E-state index contributed by atoms with van der Waals surface area (Å²) < 4.78 is 43.0. The van der Waals surface area contributed by atoms with Crippen LogP contribution in [0.2, 0.25) is 0 Å². The van der Waals surface area contributed by atoms with Crippen molar-refractivity contribution >= 4 is 23.0 Å². The Kier molecular flexibility index (Phi) is 7.71. The van der Waals surface area contributed by atoms with Crippen LogP contribution in [-0.4, -0.2) is 43.9 Å². The third-order valence-corrected chi connectivity index (χ3v) is 5.57. The predicted molar refractivity (Wildman–Crippen MR) is 128 cm³/mol. The topological polar surface area (TPSA) is 106 Å². The van der Waals surface area contributed by atoms with E-state index in [4.69, 9.17) is 0 Å². The molecule has 0 aliphatic rings. The molecule has 1 unspecified atom stereocenters. The van der Waals surface area contributed by atoms with Gasteiger partial charge in [-0.1, -0.05) is 42.5 Å². The minimum atomic E-state index is -4.78. The second kappa shape index (κ2) is 11.1. The lowest BCUT2D eigenvalue weighted by Crippen LogP contribution is -2.42. The zero-order valence-corrected chi connectivity index (χ0v) is 19.5. The summed E-state index contributed by atoms with van der Waals surface area (Å²) in [6.45, 7) is 0.253. The first-order valence-electron chi connectivity index (χ1n) is 11.4. The molecule has 0 spiro atoms. The number of halogens is 3. The van der Waals surface area contributed by atoms with Gasteiger partial charge in [0.25, 0.3) is 0 Å². The average Bonchev–Trinajstić information content (AvgIpc) is 3.20. The van der Waals surface area contributed by atoms with Gasteiger partial charge in [-0.3, -0.25) is 4.79 Å². The summed E-state index contributed by atoms with van der Waals surface area (Å²) in [5.41, 5.74) is 2.62. The summed E-state index contributed by atoms with van der Waals surface area (Å²) in [7, 11) is 0. The number of fused-ring (bicyclic) bond motifs is 1. The van der Waals surface area contributed by atoms with Crippen LogP contribution in [-0.2, 0) is 29.0 Å². The summed E-state index contributed by atoms with van der Waals surface area (Å²) in [4.78, 5) is 33.2. The fourth-order valence-electron chi connectivity index (χ4n) is 3.88. The van der Waals surface area contributed by atoms with Gasteiger partial charge in [0.2, 0.25) is 5.91 Å². The van der Waals surface area contributed by atoms with Gasteiger partial charge in [-0.05, 0) is 35.4 Å². The van der Waals surface area contributed by atoms with Crippen LogP contribution in [0.25, 0.3) is 11.2 Å². The molecule has 0 radical (unpaired) electrons. The van der Waals surface area contributed by atoms with E-state index in [0.29, 0.717) is 22.6 Å². The van der Waals surface area contributed by atoms with E-state index in [9.17, 15) is 27.9 Å². The standard InChI is InChI=1S/C26H23F3N4O4/c27-26(28,29)37-19-10-8-18(9-11-19)16-33-22(31-20-7-4-14-30-24(20)33)12-13-23(34)32-21(25(35)36)15-17-5-2-1-3-6-17/h1-11,14,21H,12-13,15-16H2,(H,32,34)(H,35,36). The number of pyridine rings is 1. The minimum Gasteiger partial charge on any atom is -0.480 e. The Morgan fingerprint density at radius 3 is 2.41 bits per heavy atom. The van der Waals surface area contributed by atoms with Gasteiger partial charge in [-0.25, -0.2) is 14.8 Å². The number of aliphatic carboxylic acids is 1. The summed E-state index contributed by atoms with van der Waals surface area (Å²) in [6, 6.07) is 16.9. The number of aryl methyl sites for hydroxylation is 1. The molecule has 0 saturated heterocycles. The van der Waals surface area contributed by atoms with Crippen LogP contribution in [0.4, 0.5) is 13.2 Å². The molecule has 2 heterocycles. The van der Waals surface area contributed by atoms with E-state index in [-0.39, 0.29) is 31.6 Å². The largest absolute Gasteiger partial charge is 0.573 e. The van der Waals surface area contributed by atoms with E-state index < -0.39 is 24.3 Å².